The molecule has 0 saturated heterocycles. The molecule has 0 N–H and O–H groups in total. The van der Waals surface area contributed by atoms with Gasteiger partial charge < -0.3 is 0 Å². The summed E-state index contributed by atoms with van der Waals surface area (Å²) in [4.78, 5) is 54.9. The van der Waals surface area contributed by atoms with Crippen molar-refractivity contribution in [3.8, 4) is 0 Å². The van der Waals surface area contributed by atoms with Crippen LogP contribution in [0.2, 0.25) is 0 Å². The van der Waals surface area contributed by atoms with E-state index in [1.54, 1.807) is 17.6 Å². The number of unbranched alkanes of at least 4 members (excludes halogenated alkanes) is 16. The SMILES string of the molecule is CCCCCCCc1c2c(=O)n3c(Br)ccc3c(CCCCCCC)c2c(=O)n2c(Br)ccc12.CCCCCCCc1c2c(=O)n3cccc3c(CCCCCCC)c2c(=O)n2cccc12. The highest BCUT2D eigenvalue weighted by molar-refractivity contribution is 9.10. The quantitative estimate of drug-likeness (QED) is 0.0564. The molecule has 0 unspecified atom stereocenters. The standard InChI is InChI=1S/C28H34Br2N2O2.C28H36N2O2/c1-3-5-7-9-11-13-19-21-15-17-23(29)31(21)28(34)26-20(14-12-10-8-6-4-2)22-16-18-24(30)32(22)27(33)25(19)26;1-3-5-7-9-11-15-21-23-17-13-19-29(23)28(32)26-22(16-12-10-8-6-4-2)24-18-14-20-30(24)27(31)25(21)26/h15-18H,3-14H2,1-2H3;13-14,17-20H,3-12,15-16H2,1-2H3. The van der Waals surface area contributed by atoms with Gasteiger partial charge in [-0.05, 0) is 154 Å². The molecule has 0 aliphatic carbocycles. The molecule has 8 rings (SSSR count). The molecule has 0 fully saturated rings. The van der Waals surface area contributed by atoms with E-state index in [-0.39, 0.29) is 22.2 Å². The van der Waals surface area contributed by atoms with Crippen LogP contribution >= 0.6 is 31.9 Å². The molecule has 8 aromatic rings. The predicted octanol–water partition coefficient (Wildman–Crippen LogP) is 14.6. The van der Waals surface area contributed by atoms with E-state index < -0.39 is 0 Å². The summed E-state index contributed by atoms with van der Waals surface area (Å²) in [6.45, 7) is 8.88. The lowest BCUT2D eigenvalue weighted by Gasteiger charge is -2.15. The van der Waals surface area contributed by atoms with Crippen molar-refractivity contribution < 1.29 is 0 Å². The van der Waals surface area contributed by atoms with E-state index in [1.807, 2.05) is 60.9 Å². The van der Waals surface area contributed by atoms with Gasteiger partial charge in [-0.1, -0.05) is 130 Å². The molecule has 0 spiro atoms. The van der Waals surface area contributed by atoms with Gasteiger partial charge in [0.1, 0.15) is 0 Å². The highest BCUT2D eigenvalue weighted by Crippen LogP contribution is 2.32. The molecule has 66 heavy (non-hydrogen) atoms. The Kier molecular flexibility index (Phi) is 17.8. The summed E-state index contributed by atoms with van der Waals surface area (Å²) >= 11 is 7.18. The minimum Gasteiger partial charge on any atom is -0.283 e. The molecule has 0 aliphatic heterocycles. The van der Waals surface area contributed by atoms with Crippen LogP contribution in [0.3, 0.4) is 0 Å². The van der Waals surface area contributed by atoms with E-state index >= 15 is 0 Å². The van der Waals surface area contributed by atoms with Crippen molar-refractivity contribution in [2.45, 2.75) is 182 Å². The minimum absolute atomic E-state index is 0.0425. The maximum Gasteiger partial charge on any atom is 0.264 e. The molecular weight excluding hydrogens is 952 g/mol. The van der Waals surface area contributed by atoms with E-state index in [0.717, 1.165) is 131 Å². The van der Waals surface area contributed by atoms with Crippen molar-refractivity contribution in [1.82, 2.24) is 17.6 Å². The van der Waals surface area contributed by atoms with Crippen LogP contribution in [0.1, 0.15) is 178 Å². The zero-order valence-corrected chi connectivity index (χ0v) is 43.1. The molecule has 0 radical (unpaired) electrons. The summed E-state index contributed by atoms with van der Waals surface area (Å²) in [6, 6.07) is 15.6. The number of rotatable bonds is 24. The first kappa shape index (κ1) is 49.6. The zero-order valence-electron chi connectivity index (χ0n) is 39.9. The van der Waals surface area contributed by atoms with E-state index in [4.69, 9.17) is 0 Å². The highest BCUT2D eigenvalue weighted by Gasteiger charge is 2.24. The lowest BCUT2D eigenvalue weighted by molar-refractivity contribution is 0.632. The number of aromatic nitrogens is 4. The van der Waals surface area contributed by atoms with Crippen molar-refractivity contribution >= 4 is 75.5 Å². The Morgan fingerprint density at radius 1 is 0.348 bits per heavy atom. The van der Waals surface area contributed by atoms with E-state index in [2.05, 4.69) is 59.6 Å². The van der Waals surface area contributed by atoms with Crippen LogP contribution in [0.25, 0.3) is 43.6 Å². The lowest BCUT2D eigenvalue weighted by atomic mass is 9.95. The average Bonchev–Trinajstić information content (AvgIpc) is 4.15. The fourth-order valence-electron chi connectivity index (χ4n) is 10.5. The van der Waals surface area contributed by atoms with Crippen molar-refractivity contribution in [2.75, 3.05) is 0 Å². The fraction of sp³-hybridized carbons (Fsp3) is 0.500. The molecule has 10 heteroatoms. The summed E-state index contributed by atoms with van der Waals surface area (Å²) in [5, 5.41) is 2.55. The summed E-state index contributed by atoms with van der Waals surface area (Å²) < 4.78 is 8.56. The molecule has 0 aromatic carbocycles. The van der Waals surface area contributed by atoms with Crippen molar-refractivity contribution in [1.29, 1.82) is 0 Å². The van der Waals surface area contributed by atoms with Crippen LogP contribution in [0.4, 0.5) is 0 Å². The fourth-order valence-corrected chi connectivity index (χ4v) is 11.4. The Morgan fingerprint density at radius 3 is 0.955 bits per heavy atom. The van der Waals surface area contributed by atoms with Gasteiger partial charge in [-0.2, -0.15) is 0 Å². The largest absolute Gasteiger partial charge is 0.283 e. The first-order chi connectivity index (χ1) is 32.2. The molecule has 0 aliphatic rings. The molecular formula is C56H70Br2N4O4. The number of pyridine rings is 4. The zero-order chi connectivity index (χ0) is 46.7. The van der Waals surface area contributed by atoms with Crippen molar-refractivity contribution in [3.63, 3.8) is 0 Å². The summed E-state index contributed by atoms with van der Waals surface area (Å²) in [7, 11) is 0. The van der Waals surface area contributed by atoms with Gasteiger partial charge in [0, 0.05) is 12.4 Å². The van der Waals surface area contributed by atoms with E-state index in [1.165, 1.54) is 77.0 Å². The number of fused-ring (bicyclic) bond motifs is 6. The van der Waals surface area contributed by atoms with Gasteiger partial charge in [0.15, 0.2) is 0 Å². The maximum absolute atomic E-state index is 13.9. The predicted molar refractivity (Wildman–Crippen MR) is 284 cm³/mol. The molecule has 8 aromatic heterocycles. The van der Waals surface area contributed by atoms with Crippen molar-refractivity contribution in [2.24, 2.45) is 0 Å². The second-order valence-corrected chi connectivity index (χ2v) is 20.2. The molecule has 8 nitrogen and oxygen atoms in total. The second kappa shape index (κ2) is 23.6. The smallest absolute Gasteiger partial charge is 0.264 e. The Balaban J connectivity index is 0.000000197. The van der Waals surface area contributed by atoms with Gasteiger partial charge >= 0.3 is 0 Å². The number of nitrogens with zero attached hydrogens (tertiary/aromatic N) is 4. The van der Waals surface area contributed by atoms with Crippen LogP contribution < -0.4 is 22.2 Å². The molecule has 8 heterocycles. The van der Waals surface area contributed by atoms with Gasteiger partial charge in [-0.3, -0.25) is 36.8 Å². The van der Waals surface area contributed by atoms with Gasteiger partial charge in [-0.25, -0.2) is 0 Å². The topological polar surface area (TPSA) is 85.9 Å². The summed E-state index contributed by atoms with van der Waals surface area (Å²) in [5.41, 5.74) is 7.37. The number of aryl methyl sites for hydroxylation is 4. The molecule has 0 bridgehead atoms. The van der Waals surface area contributed by atoms with Crippen LogP contribution in [0.15, 0.2) is 89.3 Å². The lowest BCUT2D eigenvalue weighted by Crippen LogP contribution is -2.24. The van der Waals surface area contributed by atoms with Gasteiger partial charge in [0.05, 0.1) is 52.8 Å². The summed E-state index contributed by atoms with van der Waals surface area (Å²) in [5.74, 6) is 0. The Hall–Kier alpha value is -4.28. The summed E-state index contributed by atoms with van der Waals surface area (Å²) in [6.07, 6.45) is 30.4. The number of halogens is 2. The van der Waals surface area contributed by atoms with Crippen LogP contribution in [0.5, 0.6) is 0 Å². The first-order valence-electron chi connectivity index (χ1n) is 25.4. The normalized spacial score (nSPS) is 12.0. The Morgan fingerprint density at radius 2 is 0.636 bits per heavy atom. The maximum atomic E-state index is 13.9. The third-order valence-corrected chi connectivity index (χ3v) is 15.2. The number of hydrogen-bond acceptors (Lipinski definition) is 4. The van der Waals surface area contributed by atoms with E-state index in [0.29, 0.717) is 21.5 Å². The first-order valence-corrected chi connectivity index (χ1v) is 27.0. The Bertz CT molecular complexity index is 2910. The minimum atomic E-state index is -0.0860. The van der Waals surface area contributed by atoms with Crippen molar-refractivity contribution in [3.05, 3.63) is 134 Å². The van der Waals surface area contributed by atoms with Gasteiger partial charge in [0.2, 0.25) is 0 Å². The van der Waals surface area contributed by atoms with Crippen LogP contribution in [-0.4, -0.2) is 17.6 Å². The van der Waals surface area contributed by atoms with Crippen LogP contribution in [-0.2, 0) is 25.7 Å². The average molecular weight is 1020 g/mol. The molecule has 0 saturated carbocycles. The van der Waals surface area contributed by atoms with Gasteiger partial charge in [-0.15, -0.1) is 0 Å². The van der Waals surface area contributed by atoms with E-state index in [9.17, 15) is 19.2 Å². The number of hydrogen-bond donors (Lipinski definition) is 0. The highest BCUT2D eigenvalue weighted by atomic mass is 79.9. The second-order valence-electron chi connectivity index (χ2n) is 18.6. The van der Waals surface area contributed by atoms with Gasteiger partial charge in [0.25, 0.3) is 22.2 Å². The molecule has 0 atom stereocenters. The third-order valence-electron chi connectivity index (χ3n) is 13.9. The third kappa shape index (κ3) is 10.3. The molecule has 352 valence electrons. The molecule has 0 amide bonds. The Labute approximate surface area is 406 Å². The van der Waals surface area contributed by atoms with Crippen LogP contribution in [0, 0.1) is 0 Å². The monoisotopic (exact) mass is 1020 g/mol.